The Labute approximate surface area is 128 Å². The Morgan fingerprint density at radius 1 is 1.41 bits per heavy atom. The van der Waals surface area contributed by atoms with E-state index < -0.39 is 0 Å². The lowest BCUT2D eigenvalue weighted by Crippen LogP contribution is -2.67. The molecule has 1 amide bonds. The molecule has 2 heterocycles. The molecular weight excluding hydrogens is 289 g/mol. The molecule has 3 rings (SSSR count). The molecule has 1 spiro atoms. The largest absolute Gasteiger partial charge is 0.484 e. The SMILES string of the molecule is CO[C@H]1CCOC2(C1)CN(C(=O)COc1ccc(F)cc1)C2. The Hall–Kier alpha value is -1.66. The summed E-state index contributed by atoms with van der Waals surface area (Å²) in [7, 11) is 1.71. The van der Waals surface area contributed by atoms with Crippen molar-refractivity contribution in [3.05, 3.63) is 30.1 Å². The number of carbonyl (C=O) groups is 1. The van der Waals surface area contributed by atoms with Crippen LogP contribution in [-0.4, -0.2) is 55.9 Å². The van der Waals surface area contributed by atoms with Crippen LogP contribution in [0.1, 0.15) is 12.8 Å². The zero-order chi connectivity index (χ0) is 15.6. The van der Waals surface area contributed by atoms with Crippen molar-refractivity contribution < 1.29 is 23.4 Å². The molecule has 1 aromatic rings. The summed E-state index contributed by atoms with van der Waals surface area (Å²) >= 11 is 0. The topological polar surface area (TPSA) is 48.0 Å². The summed E-state index contributed by atoms with van der Waals surface area (Å²) in [5, 5.41) is 0. The Balaban J connectivity index is 1.46. The fourth-order valence-electron chi connectivity index (χ4n) is 3.00. The van der Waals surface area contributed by atoms with Gasteiger partial charge in [0.2, 0.25) is 0 Å². The Kier molecular flexibility index (Phi) is 4.31. The highest BCUT2D eigenvalue weighted by Gasteiger charge is 2.49. The minimum Gasteiger partial charge on any atom is -0.484 e. The van der Waals surface area contributed by atoms with E-state index in [0.29, 0.717) is 25.4 Å². The number of halogens is 1. The standard InChI is InChI=1S/C16H20FNO4/c1-20-14-6-7-22-16(8-14)10-18(11-16)15(19)9-21-13-4-2-12(17)3-5-13/h2-5,14H,6-11H2,1H3/t14-/m0/s1. The van der Waals surface area contributed by atoms with E-state index in [9.17, 15) is 9.18 Å². The molecular formula is C16H20FNO4. The summed E-state index contributed by atoms with van der Waals surface area (Å²) in [5.41, 5.74) is -0.246. The van der Waals surface area contributed by atoms with Gasteiger partial charge in [0, 0.05) is 20.1 Å². The third kappa shape index (κ3) is 3.23. The maximum atomic E-state index is 12.8. The van der Waals surface area contributed by atoms with Gasteiger partial charge in [0.15, 0.2) is 6.61 Å². The fraction of sp³-hybridized carbons (Fsp3) is 0.562. The summed E-state index contributed by atoms with van der Waals surface area (Å²) < 4.78 is 29.4. The van der Waals surface area contributed by atoms with Crippen molar-refractivity contribution in [2.45, 2.75) is 24.5 Å². The lowest BCUT2D eigenvalue weighted by atomic mass is 9.84. The quantitative estimate of drug-likeness (QED) is 0.848. The van der Waals surface area contributed by atoms with Gasteiger partial charge in [-0.15, -0.1) is 0 Å². The zero-order valence-corrected chi connectivity index (χ0v) is 12.6. The summed E-state index contributed by atoms with van der Waals surface area (Å²) in [6.45, 7) is 1.79. The van der Waals surface area contributed by atoms with E-state index in [4.69, 9.17) is 14.2 Å². The van der Waals surface area contributed by atoms with Crippen molar-refractivity contribution >= 4 is 5.91 Å². The third-order valence-corrected chi connectivity index (χ3v) is 4.27. The normalized spacial score (nSPS) is 23.2. The van der Waals surface area contributed by atoms with Crippen molar-refractivity contribution in [2.24, 2.45) is 0 Å². The second-order valence-corrected chi connectivity index (χ2v) is 5.87. The molecule has 5 nitrogen and oxygen atoms in total. The number of benzene rings is 1. The first-order chi connectivity index (χ1) is 10.6. The lowest BCUT2D eigenvalue weighted by Gasteiger charge is -2.52. The molecule has 6 heteroatoms. The molecule has 2 aliphatic heterocycles. The molecule has 1 aromatic carbocycles. The van der Waals surface area contributed by atoms with E-state index in [0.717, 1.165) is 12.8 Å². The lowest BCUT2D eigenvalue weighted by molar-refractivity contribution is -0.199. The Bertz CT molecular complexity index is 527. The molecule has 0 N–H and O–H groups in total. The highest BCUT2D eigenvalue weighted by Crippen LogP contribution is 2.35. The number of hydrogen-bond donors (Lipinski definition) is 0. The van der Waals surface area contributed by atoms with E-state index in [1.54, 1.807) is 12.0 Å². The van der Waals surface area contributed by atoms with Crippen LogP contribution in [-0.2, 0) is 14.3 Å². The number of amides is 1. The predicted molar refractivity (Wildman–Crippen MR) is 77.2 cm³/mol. The van der Waals surface area contributed by atoms with Crippen LogP contribution in [0.2, 0.25) is 0 Å². The minimum atomic E-state index is -0.328. The first kappa shape index (κ1) is 15.2. The molecule has 0 saturated carbocycles. The smallest absolute Gasteiger partial charge is 0.260 e. The Morgan fingerprint density at radius 3 is 2.82 bits per heavy atom. The molecule has 2 aliphatic rings. The number of ether oxygens (including phenoxy) is 3. The highest BCUT2D eigenvalue weighted by molar-refractivity contribution is 5.79. The third-order valence-electron chi connectivity index (χ3n) is 4.27. The van der Waals surface area contributed by atoms with Gasteiger partial charge < -0.3 is 19.1 Å². The van der Waals surface area contributed by atoms with Crippen molar-refractivity contribution in [3.8, 4) is 5.75 Å². The molecule has 2 fully saturated rings. The maximum absolute atomic E-state index is 12.8. The highest BCUT2D eigenvalue weighted by atomic mass is 19.1. The fourth-order valence-corrected chi connectivity index (χ4v) is 3.00. The summed E-state index contributed by atoms with van der Waals surface area (Å²) in [5.74, 6) is 0.0712. The summed E-state index contributed by atoms with van der Waals surface area (Å²) in [6.07, 6.45) is 1.94. The molecule has 0 radical (unpaired) electrons. The number of hydrogen-bond acceptors (Lipinski definition) is 4. The van der Waals surface area contributed by atoms with Gasteiger partial charge >= 0.3 is 0 Å². The van der Waals surface area contributed by atoms with E-state index >= 15 is 0 Å². The van der Waals surface area contributed by atoms with Crippen LogP contribution >= 0.6 is 0 Å². The van der Waals surface area contributed by atoms with Gasteiger partial charge in [0.25, 0.3) is 5.91 Å². The molecule has 120 valence electrons. The van der Waals surface area contributed by atoms with Crippen molar-refractivity contribution in [1.29, 1.82) is 0 Å². The molecule has 0 aromatic heterocycles. The van der Waals surface area contributed by atoms with E-state index in [-0.39, 0.29) is 30.0 Å². The average Bonchev–Trinajstić information content (AvgIpc) is 2.51. The number of likely N-dealkylation sites (tertiary alicyclic amines) is 1. The number of carbonyl (C=O) groups excluding carboxylic acids is 1. The van der Waals surface area contributed by atoms with Crippen LogP contribution < -0.4 is 4.74 Å². The van der Waals surface area contributed by atoms with Crippen LogP contribution in [0.25, 0.3) is 0 Å². The van der Waals surface area contributed by atoms with Crippen LogP contribution in [0.15, 0.2) is 24.3 Å². The minimum absolute atomic E-state index is 0.0462. The second-order valence-electron chi connectivity index (χ2n) is 5.87. The van der Waals surface area contributed by atoms with E-state index in [2.05, 4.69) is 0 Å². The van der Waals surface area contributed by atoms with Crippen molar-refractivity contribution in [3.63, 3.8) is 0 Å². The first-order valence-electron chi connectivity index (χ1n) is 7.43. The van der Waals surface area contributed by atoms with Crippen LogP contribution in [0.3, 0.4) is 0 Å². The van der Waals surface area contributed by atoms with Gasteiger partial charge in [-0.25, -0.2) is 4.39 Å². The number of methoxy groups -OCH3 is 1. The van der Waals surface area contributed by atoms with E-state index in [1.165, 1.54) is 24.3 Å². The Morgan fingerprint density at radius 2 is 2.14 bits per heavy atom. The molecule has 2 saturated heterocycles. The van der Waals surface area contributed by atoms with Gasteiger partial charge in [0.05, 0.1) is 19.2 Å². The number of nitrogens with zero attached hydrogens (tertiary/aromatic N) is 1. The van der Waals surface area contributed by atoms with Crippen LogP contribution in [0, 0.1) is 5.82 Å². The van der Waals surface area contributed by atoms with Crippen molar-refractivity contribution in [1.82, 2.24) is 4.90 Å². The predicted octanol–water partition coefficient (Wildman–Crippen LogP) is 1.61. The molecule has 1 atom stereocenters. The molecule has 0 unspecified atom stereocenters. The summed E-state index contributed by atoms with van der Waals surface area (Å²) in [6, 6.07) is 5.62. The second kappa shape index (κ2) is 6.22. The molecule has 0 aliphatic carbocycles. The average molecular weight is 309 g/mol. The molecule has 0 bridgehead atoms. The van der Waals surface area contributed by atoms with Gasteiger partial charge in [-0.3, -0.25) is 4.79 Å². The van der Waals surface area contributed by atoms with Crippen molar-refractivity contribution in [2.75, 3.05) is 33.4 Å². The van der Waals surface area contributed by atoms with E-state index in [1.807, 2.05) is 0 Å². The number of rotatable bonds is 4. The molecule has 22 heavy (non-hydrogen) atoms. The van der Waals surface area contributed by atoms with Crippen LogP contribution in [0.5, 0.6) is 5.75 Å². The maximum Gasteiger partial charge on any atom is 0.260 e. The monoisotopic (exact) mass is 309 g/mol. The van der Waals surface area contributed by atoms with Gasteiger partial charge in [-0.05, 0) is 30.7 Å². The zero-order valence-electron chi connectivity index (χ0n) is 12.6. The first-order valence-corrected chi connectivity index (χ1v) is 7.43. The van der Waals surface area contributed by atoms with Crippen LogP contribution in [0.4, 0.5) is 4.39 Å². The van der Waals surface area contributed by atoms with Gasteiger partial charge in [-0.1, -0.05) is 0 Å². The van der Waals surface area contributed by atoms with Gasteiger partial charge in [-0.2, -0.15) is 0 Å². The summed E-state index contributed by atoms with van der Waals surface area (Å²) in [4.78, 5) is 13.8. The van der Waals surface area contributed by atoms with Gasteiger partial charge in [0.1, 0.15) is 17.2 Å².